The highest BCUT2D eigenvalue weighted by Gasteiger charge is 2.48. The lowest BCUT2D eigenvalue weighted by molar-refractivity contribution is -0.132. The molecule has 30 heavy (non-hydrogen) atoms. The third kappa shape index (κ3) is 3.21. The summed E-state index contributed by atoms with van der Waals surface area (Å²) in [7, 11) is 0. The van der Waals surface area contributed by atoms with Crippen LogP contribution in [0.25, 0.3) is 0 Å². The molecule has 0 aromatic heterocycles. The van der Waals surface area contributed by atoms with Gasteiger partial charge in [-0.3, -0.25) is 9.59 Å². The smallest absolute Gasteiger partial charge is 0.253 e. The maximum absolute atomic E-state index is 13.5. The van der Waals surface area contributed by atoms with Crippen LogP contribution in [-0.2, 0) is 10.2 Å². The zero-order valence-corrected chi connectivity index (χ0v) is 17.1. The van der Waals surface area contributed by atoms with Gasteiger partial charge in [-0.05, 0) is 61.4 Å². The summed E-state index contributed by atoms with van der Waals surface area (Å²) in [6.45, 7) is 3.02. The van der Waals surface area contributed by atoms with E-state index in [-0.39, 0.29) is 29.0 Å². The number of piperidine rings is 1. The predicted octanol–water partition coefficient (Wildman–Crippen LogP) is 4.11. The van der Waals surface area contributed by atoms with Gasteiger partial charge >= 0.3 is 0 Å². The molecule has 3 aliphatic rings. The van der Waals surface area contributed by atoms with Crippen LogP contribution in [0.1, 0.15) is 59.5 Å². The van der Waals surface area contributed by atoms with Crippen molar-refractivity contribution in [3.8, 4) is 0 Å². The van der Waals surface area contributed by atoms with Crippen LogP contribution in [0.15, 0.2) is 48.5 Å². The van der Waals surface area contributed by atoms with Gasteiger partial charge in [-0.1, -0.05) is 30.3 Å². The van der Waals surface area contributed by atoms with E-state index in [0.717, 1.165) is 45.2 Å². The van der Waals surface area contributed by atoms with Crippen LogP contribution in [-0.4, -0.2) is 47.8 Å². The quantitative estimate of drug-likeness (QED) is 0.753. The summed E-state index contributed by atoms with van der Waals surface area (Å²) < 4.78 is 13.5. The second-order valence-corrected chi connectivity index (χ2v) is 8.96. The zero-order chi connectivity index (χ0) is 20.7. The molecule has 0 N–H and O–H groups in total. The van der Waals surface area contributed by atoms with Gasteiger partial charge < -0.3 is 9.80 Å². The van der Waals surface area contributed by atoms with Gasteiger partial charge in [0.2, 0.25) is 5.91 Å². The molecule has 2 aromatic rings. The van der Waals surface area contributed by atoms with Crippen LogP contribution in [0.3, 0.4) is 0 Å². The van der Waals surface area contributed by atoms with Crippen molar-refractivity contribution in [3.63, 3.8) is 0 Å². The third-order valence-electron chi connectivity index (χ3n) is 7.30. The SMILES string of the molecule is O=C(c1cccc(F)c1)N1CCC2(CC1)CC(C(=O)N1CCCC1)c1ccccc12. The topological polar surface area (TPSA) is 40.6 Å². The molecule has 5 heteroatoms. The first-order chi connectivity index (χ1) is 14.6. The highest BCUT2D eigenvalue weighted by atomic mass is 19.1. The average molecular weight is 407 g/mol. The molecule has 156 valence electrons. The van der Waals surface area contributed by atoms with Crippen LogP contribution in [0.4, 0.5) is 4.39 Å². The molecule has 0 saturated carbocycles. The lowest BCUT2D eigenvalue weighted by atomic mass is 9.73. The Morgan fingerprint density at radius 2 is 1.63 bits per heavy atom. The largest absolute Gasteiger partial charge is 0.342 e. The van der Waals surface area contributed by atoms with Crippen molar-refractivity contribution in [3.05, 3.63) is 71.0 Å². The summed E-state index contributed by atoms with van der Waals surface area (Å²) in [5, 5.41) is 0. The first kappa shape index (κ1) is 19.3. The molecule has 1 atom stereocenters. The van der Waals surface area contributed by atoms with E-state index in [1.807, 2.05) is 15.9 Å². The standard InChI is InChI=1S/C25H27FN2O2/c26-19-7-5-6-18(16-19)23(29)28-14-10-25(11-15-28)17-21(20-8-1-2-9-22(20)25)24(30)27-12-3-4-13-27/h1-2,5-9,16,21H,3-4,10-15,17H2. The van der Waals surface area contributed by atoms with Crippen molar-refractivity contribution in [2.45, 2.75) is 43.4 Å². The Labute approximate surface area is 176 Å². The lowest BCUT2D eigenvalue weighted by Crippen LogP contribution is -2.44. The molecule has 0 radical (unpaired) electrons. The zero-order valence-electron chi connectivity index (χ0n) is 17.1. The number of carbonyl (C=O) groups is 2. The number of likely N-dealkylation sites (tertiary alicyclic amines) is 2. The summed E-state index contributed by atoms with van der Waals surface area (Å²) in [5.74, 6) is -0.289. The van der Waals surface area contributed by atoms with Gasteiger partial charge in [-0.15, -0.1) is 0 Å². The van der Waals surface area contributed by atoms with Crippen LogP contribution in [0.5, 0.6) is 0 Å². The number of halogens is 1. The number of nitrogens with zero attached hydrogens (tertiary/aromatic N) is 2. The van der Waals surface area contributed by atoms with Gasteiger partial charge in [0.05, 0.1) is 5.92 Å². The summed E-state index contributed by atoms with van der Waals surface area (Å²) in [4.78, 5) is 30.0. The molecule has 4 nitrogen and oxygen atoms in total. The normalized spacial score (nSPS) is 22.4. The van der Waals surface area contributed by atoms with E-state index in [1.165, 1.54) is 23.3 Å². The molecular weight excluding hydrogens is 379 g/mol. The van der Waals surface area contributed by atoms with E-state index in [1.54, 1.807) is 12.1 Å². The molecule has 2 saturated heterocycles. The monoisotopic (exact) mass is 406 g/mol. The number of amides is 2. The fraction of sp³-hybridized carbons (Fsp3) is 0.440. The Balaban J connectivity index is 1.36. The number of hydrogen-bond donors (Lipinski definition) is 0. The Hall–Kier alpha value is -2.69. The van der Waals surface area contributed by atoms with Crippen molar-refractivity contribution in [2.24, 2.45) is 0 Å². The Bertz CT molecular complexity index is 975. The van der Waals surface area contributed by atoms with Crippen molar-refractivity contribution in [2.75, 3.05) is 26.2 Å². The van der Waals surface area contributed by atoms with Crippen molar-refractivity contribution < 1.29 is 14.0 Å². The van der Waals surface area contributed by atoms with E-state index in [9.17, 15) is 14.0 Å². The van der Waals surface area contributed by atoms with E-state index >= 15 is 0 Å². The number of rotatable bonds is 2. The molecule has 2 fully saturated rings. The first-order valence-corrected chi connectivity index (χ1v) is 11.0. The van der Waals surface area contributed by atoms with Crippen molar-refractivity contribution in [1.82, 2.24) is 9.80 Å². The van der Waals surface area contributed by atoms with Gasteiger partial charge in [0.15, 0.2) is 0 Å². The maximum atomic E-state index is 13.5. The molecular formula is C25H27FN2O2. The van der Waals surface area contributed by atoms with E-state index in [2.05, 4.69) is 18.2 Å². The molecule has 2 amide bonds. The summed E-state index contributed by atoms with van der Waals surface area (Å²) in [5.41, 5.74) is 2.83. The van der Waals surface area contributed by atoms with Gasteiger partial charge in [0, 0.05) is 37.2 Å². The van der Waals surface area contributed by atoms with Crippen LogP contribution >= 0.6 is 0 Å². The minimum atomic E-state index is -0.387. The highest BCUT2D eigenvalue weighted by Crippen LogP contribution is 2.52. The third-order valence-corrected chi connectivity index (χ3v) is 7.30. The van der Waals surface area contributed by atoms with Gasteiger partial charge in [-0.25, -0.2) is 4.39 Å². The first-order valence-electron chi connectivity index (χ1n) is 11.0. The van der Waals surface area contributed by atoms with Crippen molar-refractivity contribution in [1.29, 1.82) is 0 Å². The molecule has 2 aliphatic heterocycles. The summed E-state index contributed by atoms with van der Waals surface area (Å²) >= 11 is 0. The lowest BCUT2D eigenvalue weighted by Gasteiger charge is -2.40. The minimum Gasteiger partial charge on any atom is -0.342 e. The maximum Gasteiger partial charge on any atom is 0.253 e. The Morgan fingerprint density at radius 3 is 2.37 bits per heavy atom. The molecule has 1 aliphatic carbocycles. The highest BCUT2D eigenvalue weighted by molar-refractivity contribution is 5.94. The van der Waals surface area contributed by atoms with Gasteiger partial charge in [-0.2, -0.15) is 0 Å². The van der Waals surface area contributed by atoms with E-state index in [4.69, 9.17) is 0 Å². The van der Waals surface area contributed by atoms with Crippen LogP contribution in [0.2, 0.25) is 0 Å². The summed E-state index contributed by atoms with van der Waals surface area (Å²) in [6, 6.07) is 14.3. The number of fused-ring (bicyclic) bond motifs is 2. The second-order valence-electron chi connectivity index (χ2n) is 8.96. The van der Waals surface area contributed by atoms with E-state index in [0.29, 0.717) is 18.7 Å². The predicted molar refractivity (Wildman–Crippen MR) is 113 cm³/mol. The average Bonchev–Trinajstić information content (AvgIpc) is 3.41. The van der Waals surface area contributed by atoms with E-state index < -0.39 is 0 Å². The Kier molecular flexibility index (Phi) is 4.84. The summed E-state index contributed by atoms with van der Waals surface area (Å²) in [6.07, 6.45) is 4.72. The fourth-order valence-electron chi connectivity index (χ4n) is 5.69. The minimum absolute atomic E-state index is 0.0463. The molecule has 1 spiro atoms. The number of hydrogen-bond acceptors (Lipinski definition) is 2. The molecule has 2 heterocycles. The Morgan fingerprint density at radius 1 is 0.900 bits per heavy atom. The molecule has 1 unspecified atom stereocenters. The van der Waals surface area contributed by atoms with Crippen LogP contribution in [0, 0.1) is 5.82 Å². The number of carbonyl (C=O) groups excluding carboxylic acids is 2. The van der Waals surface area contributed by atoms with Gasteiger partial charge in [0.1, 0.15) is 5.82 Å². The molecule has 2 aromatic carbocycles. The van der Waals surface area contributed by atoms with Crippen LogP contribution < -0.4 is 0 Å². The second kappa shape index (κ2) is 7.53. The number of benzene rings is 2. The van der Waals surface area contributed by atoms with Crippen molar-refractivity contribution >= 4 is 11.8 Å². The fourth-order valence-corrected chi connectivity index (χ4v) is 5.69. The molecule has 5 rings (SSSR count). The molecule has 0 bridgehead atoms. The van der Waals surface area contributed by atoms with Gasteiger partial charge in [0.25, 0.3) is 5.91 Å².